The van der Waals surface area contributed by atoms with Gasteiger partial charge in [-0.25, -0.2) is 9.59 Å². The number of benzene rings is 1. The molecule has 23 heavy (non-hydrogen) atoms. The minimum absolute atomic E-state index is 0.191. The first-order valence-electron chi connectivity index (χ1n) is 7.82. The van der Waals surface area contributed by atoms with Crippen LogP contribution in [0.5, 0.6) is 0 Å². The van der Waals surface area contributed by atoms with E-state index in [1.165, 1.54) is 0 Å². The van der Waals surface area contributed by atoms with Crippen molar-refractivity contribution in [1.29, 1.82) is 0 Å². The van der Waals surface area contributed by atoms with Crippen LogP contribution >= 0.6 is 0 Å². The molecule has 0 aliphatic rings. The van der Waals surface area contributed by atoms with Crippen molar-refractivity contribution in [2.45, 2.75) is 40.2 Å². The Morgan fingerprint density at radius 1 is 1.17 bits per heavy atom. The number of anilines is 1. The average molecular weight is 321 g/mol. The van der Waals surface area contributed by atoms with Gasteiger partial charge in [0.2, 0.25) is 0 Å². The van der Waals surface area contributed by atoms with E-state index in [1.54, 1.807) is 25.7 Å². The zero-order chi connectivity index (χ0) is 17.5. The summed E-state index contributed by atoms with van der Waals surface area (Å²) >= 11 is 0. The number of nitrogens with zero attached hydrogens (tertiary/aromatic N) is 1. The van der Waals surface area contributed by atoms with Crippen LogP contribution in [-0.4, -0.2) is 37.4 Å². The Morgan fingerprint density at radius 2 is 1.83 bits per heavy atom. The van der Waals surface area contributed by atoms with E-state index in [9.17, 15) is 9.59 Å². The zero-order valence-corrected chi connectivity index (χ0v) is 14.6. The third-order valence-electron chi connectivity index (χ3n) is 2.94. The lowest BCUT2D eigenvalue weighted by Gasteiger charge is -2.22. The van der Waals surface area contributed by atoms with E-state index < -0.39 is 11.7 Å². The van der Waals surface area contributed by atoms with Gasteiger partial charge in [-0.1, -0.05) is 12.1 Å². The van der Waals surface area contributed by atoms with E-state index in [4.69, 9.17) is 4.74 Å². The lowest BCUT2D eigenvalue weighted by molar-refractivity contribution is 0.0528. The third kappa shape index (κ3) is 7.04. The van der Waals surface area contributed by atoms with Crippen LogP contribution in [0.2, 0.25) is 0 Å². The Labute approximate surface area is 138 Å². The van der Waals surface area contributed by atoms with Gasteiger partial charge < -0.3 is 15.4 Å². The summed E-state index contributed by atoms with van der Waals surface area (Å²) < 4.78 is 5.12. The molecular weight excluding hydrogens is 294 g/mol. The number of hydrogen-bond acceptors (Lipinski definition) is 3. The molecule has 3 amide bonds. The van der Waals surface area contributed by atoms with Crippen molar-refractivity contribution in [3.05, 3.63) is 29.8 Å². The summed E-state index contributed by atoms with van der Waals surface area (Å²) in [5.41, 5.74) is 1.42. The monoisotopic (exact) mass is 321 g/mol. The molecule has 0 aliphatic heterocycles. The number of alkyl carbamates (subject to hydrolysis) is 1. The van der Waals surface area contributed by atoms with E-state index in [0.29, 0.717) is 19.6 Å². The maximum Gasteiger partial charge on any atom is 0.407 e. The molecule has 2 N–H and O–H groups in total. The number of ether oxygens (including phenoxy) is 1. The minimum Gasteiger partial charge on any atom is -0.444 e. The first-order valence-corrected chi connectivity index (χ1v) is 7.82. The van der Waals surface area contributed by atoms with Gasteiger partial charge in [-0.2, -0.15) is 0 Å². The summed E-state index contributed by atoms with van der Waals surface area (Å²) in [6.45, 7) is 10.5. The normalized spacial score (nSPS) is 10.8. The van der Waals surface area contributed by atoms with Gasteiger partial charge in [-0.15, -0.1) is 0 Å². The lowest BCUT2D eigenvalue weighted by Crippen LogP contribution is -2.43. The van der Waals surface area contributed by atoms with Crippen LogP contribution in [0.15, 0.2) is 24.3 Å². The zero-order valence-electron chi connectivity index (χ0n) is 14.6. The van der Waals surface area contributed by atoms with Gasteiger partial charge in [0.1, 0.15) is 5.60 Å². The van der Waals surface area contributed by atoms with E-state index in [2.05, 4.69) is 10.6 Å². The highest BCUT2D eigenvalue weighted by Gasteiger charge is 2.16. The molecule has 0 saturated carbocycles. The van der Waals surface area contributed by atoms with Crippen molar-refractivity contribution >= 4 is 17.8 Å². The smallest absolute Gasteiger partial charge is 0.407 e. The molecule has 128 valence electrons. The van der Waals surface area contributed by atoms with Crippen molar-refractivity contribution in [2.75, 3.05) is 24.5 Å². The van der Waals surface area contributed by atoms with Crippen LogP contribution < -0.4 is 15.5 Å². The third-order valence-corrected chi connectivity index (χ3v) is 2.94. The number of nitrogens with one attached hydrogen (secondary N) is 2. The van der Waals surface area contributed by atoms with Crippen LogP contribution in [0.25, 0.3) is 0 Å². The number of amides is 3. The van der Waals surface area contributed by atoms with Gasteiger partial charge in [0, 0.05) is 25.3 Å². The number of hydrogen-bond donors (Lipinski definition) is 2. The number of carbonyl (C=O) groups excluding carboxylic acids is 2. The predicted octanol–water partition coefficient (Wildman–Crippen LogP) is 3.06. The molecule has 0 saturated heterocycles. The van der Waals surface area contributed by atoms with Gasteiger partial charge in [-0.3, -0.25) is 4.90 Å². The number of rotatable bonds is 5. The van der Waals surface area contributed by atoms with Gasteiger partial charge in [0.25, 0.3) is 0 Å². The SMILES string of the molecule is CCN(C(=O)NCCNC(=O)OC(C)(C)C)c1cccc(C)c1. The molecule has 0 fully saturated rings. The van der Waals surface area contributed by atoms with Crippen LogP contribution in [0, 0.1) is 6.92 Å². The summed E-state index contributed by atoms with van der Waals surface area (Å²) in [5.74, 6) is 0. The summed E-state index contributed by atoms with van der Waals surface area (Å²) in [6, 6.07) is 7.57. The summed E-state index contributed by atoms with van der Waals surface area (Å²) in [4.78, 5) is 25.4. The van der Waals surface area contributed by atoms with Gasteiger partial charge in [0.15, 0.2) is 0 Å². The standard InChI is InChI=1S/C17H27N3O3/c1-6-20(14-9-7-8-13(2)12-14)15(21)18-10-11-19-16(22)23-17(3,4)5/h7-9,12H,6,10-11H2,1-5H3,(H,18,21)(H,19,22). The molecule has 1 aromatic carbocycles. The Kier molecular flexibility index (Phi) is 6.88. The molecule has 0 radical (unpaired) electrons. The van der Waals surface area contributed by atoms with Crippen molar-refractivity contribution in [1.82, 2.24) is 10.6 Å². The molecule has 0 atom stereocenters. The van der Waals surface area contributed by atoms with Crippen molar-refractivity contribution < 1.29 is 14.3 Å². The van der Waals surface area contributed by atoms with Crippen LogP contribution in [-0.2, 0) is 4.74 Å². The largest absolute Gasteiger partial charge is 0.444 e. The maximum atomic E-state index is 12.2. The molecule has 0 spiro atoms. The molecule has 6 heteroatoms. The highest BCUT2D eigenvalue weighted by molar-refractivity contribution is 5.91. The first kappa shape index (κ1) is 18.8. The minimum atomic E-state index is -0.530. The Morgan fingerprint density at radius 3 is 2.39 bits per heavy atom. The fourth-order valence-electron chi connectivity index (χ4n) is 1.98. The number of aryl methyl sites for hydroxylation is 1. The molecule has 0 heterocycles. The molecule has 0 aliphatic carbocycles. The lowest BCUT2D eigenvalue weighted by atomic mass is 10.2. The summed E-state index contributed by atoms with van der Waals surface area (Å²) in [7, 11) is 0. The van der Waals surface area contributed by atoms with Crippen LogP contribution in [0.3, 0.4) is 0 Å². The molecular formula is C17H27N3O3. The molecule has 6 nitrogen and oxygen atoms in total. The molecule has 1 aromatic rings. The topological polar surface area (TPSA) is 70.7 Å². The first-order chi connectivity index (χ1) is 10.7. The Hall–Kier alpha value is -2.24. The second kappa shape index (κ2) is 8.41. The fourth-order valence-corrected chi connectivity index (χ4v) is 1.98. The van der Waals surface area contributed by atoms with Gasteiger partial charge in [-0.05, 0) is 52.3 Å². The van der Waals surface area contributed by atoms with Crippen molar-refractivity contribution in [2.24, 2.45) is 0 Å². The molecule has 0 unspecified atom stereocenters. The van der Waals surface area contributed by atoms with E-state index in [-0.39, 0.29) is 6.03 Å². The van der Waals surface area contributed by atoms with Crippen molar-refractivity contribution in [3.8, 4) is 0 Å². The quantitative estimate of drug-likeness (QED) is 0.819. The maximum absolute atomic E-state index is 12.2. The Bertz CT molecular complexity index is 538. The van der Waals surface area contributed by atoms with Crippen LogP contribution in [0.4, 0.5) is 15.3 Å². The number of carbonyl (C=O) groups is 2. The van der Waals surface area contributed by atoms with Crippen LogP contribution in [0.1, 0.15) is 33.3 Å². The fraction of sp³-hybridized carbons (Fsp3) is 0.529. The average Bonchev–Trinajstić information content (AvgIpc) is 2.42. The van der Waals surface area contributed by atoms with Gasteiger partial charge >= 0.3 is 12.1 Å². The van der Waals surface area contributed by atoms with E-state index >= 15 is 0 Å². The van der Waals surface area contributed by atoms with E-state index in [1.807, 2.05) is 38.1 Å². The molecule has 0 bridgehead atoms. The summed E-state index contributed by atoms with van der Waals surface area (Å²) in [5, 5.41) is 5.39. The second-order valence-electron chi connectivity index (χ2n) is 6.24. The van der Waals surface area contributed by atoms with E-state index in [0.717, 1.165) is 11.3 Å². The highest BCUT2D eigenvalue weighted by atomic mass is 16.6. The number of urea groups is 1. The summed E-state index contributed by atoms with van der Waals surface area (Å²) in [6.07, 6.45) is -0.488. The molecule has 1 rings (SSSR count). The van der Waals surface area contributed by atoms with Gasteiger partial charge in [0.05, 0.1) is 0 Å². The Balaban J connectivity index is 2.42. The van der Waals surface area contributed by atoms with Crippen molar-refractivity contribution in [3.63, 3.8) is 0 Å². The predicted molar refractivity (Wildman–Crippen MR) is 91.8 cm³/mol. The second-order valence-corrected chi connectivity index (χ2v) is 6.24. The molecule has 0 aromatic heterocycles. The highest BCUT2D eigenvalue weighted by Crippen LogP contribution is 2.15.